The molecule has 1 N–H and O–H groups in total. The van der Waals surface area contributed by atoms with Crippen LogP contribution in [0.5, 0.6) is 5.75 Å². The molecule has 21 heavy (non-hydrogen) atoms. The molecule has 3 unspecified atom stereocenters. The summed E-state index contributed by atoms with van der Waals surface area (Å²) >= 11 is 0. The first kappa shape index (κ1) is 16.2. The average molecular weight is 298 g/mol. The second-order valence-corrected chi connectivity index (χ2v) is 5.80. The third-order valence-electron chi connectivity index (χ3n) is 4.14. The molecule has 0 amide bonds. The number of hydrogen-bond donors (Lipinski definition) is 1. The summed E-state index contributed by atoms with van der Waals surface area (Å²) in [5, 5.41) is 2.24. The minimum atomic E-state index is -2.80. The van der Waals surface area contributed by atoms with E-state index in [-0.39, 0.29) is 11.8 Å². The molecule has 0 aromatic heterocycles. The van der Waals surface area contributed by atoms with Crippen LogP contribution in [0.25, 0.3) is 0 Å². The third-order valence-corrected chi connectivity index (χ3v) is 4.14. The molecule has 2 rings (SSSR count). The molecule has 5 heteroatoms. The standard InChI is InChI=1S/C16H24F2N2O/c1-11-7-6-8-12(2)20(11)19-13(3)14-9-4-5-10-15(14)21-16(17)18/h4-5,9-13,16,19H,6-8H2,1-3H3. The number of nitrogens with one attached hydrogen (secondary N) is 1. The van der Waals surface area contributed by atoms with Crippen molar-refractivity contribution in [1.82, 2.24) is 10.4 Å². The van der Waals surface area contributed by atoms with Crippen molar-refractivity contribution >= 4 is 0 Å². The fourth-order valence-electron chi connectivity index (χ4n) is 3.01. The monoisotopic (exact) mass is 298 g/mol. The number of halogens is 2. The summed E-state index contributed by atoms with van der Waals surface area (Å²) in [6, 6.07) is 7.77. The van der Waals surface area contributed by atoms with Crippen LogP contribution in [-0.4, -0.2) is 23.7 Å². The highest BCUT2D eigenvalue weighted by Crippen LogP contribution is 2.28. The van der Waals surface area contributed by atoms with Gasteiger partial charge in [0.15, 0.2) is 0 Å². The largest absolute Gasteiger partial charge is 0.434 e. The lowest BCUT2D eigenvalue weighted by atomic mass is 9.99. The second kappa shape index (κ2) is 7.18. The minimum absolute atomic E-state index is 0.0806. The summed E-state index contributed by atoms with van der Waals surface area (Å²) in [5.74, 6) is 0.241. The number of piperidine rings is 1. The lowest BCUT2D eigenvalue weighted by molar-refractivity contribution is -0.0512. The molecule has 0 bridgehead atoms. The Morgan fingerprint density at radius 2 is 1.81 bits per heavy atom. The lowest BCUT2D eigenvalue weighted by Gasteiger charge is -2.41. The van der Waals surface area contributed by atoms with Crippen LogP contribution in [0.2, 0.25) is 0 Å². The van der Waals surface area contributed by atoms with Crippen LogP contribution in [0.3, 0.4) is 0 Å². The predicted molar refractivity (Wildman–Crippen MR) is 79.2 cm³/mol. The third kappa shape index (κ3) is 4.14. The number of para-hydroxylation sites is 1. The van der Waals surface area contributed by atoms with Crippen LogP contribution in [0, 0.1) is 0 Å². The summed E-state index contributed by atoms with van der Waals surface area (Å²) in [5.41, 5.74) is 4.21. The molecule has 1 aromatic carbocycles. The van der Waals surface area contributed by atoms with E-state index in [2.05, 4.69) is 29.0 Å². The Morgan fingerprint density at radius 3 is 2.43 bits per heavy atom. The van der Waals surface area contributed by atoms with Gasteiger partial charge in [-0.1, -0.05) is 24.6 Å². The van der Waals surface area contributed by atoms with Crippen molar-refractivity contribution in [1.29, 1.82) is 0 Å². The van der Waals surface area contributed by atoms with Gasteiger partial charge in [0.1, 0.15) is 5.75 Å². The normalized spacial score (nSPS) is 25.0. The van der Waals surface area contributed by atoms with E-state index >= 15 is 0 Å². The van der Waals surface area contributed by atoms with Gasteiger partial charge in [0, 0.05) is 23.7 Å². The summed E-state index contributed by atoms with van der Waals surface area (Å²) in [6.45, 7) is 3.56. The molecule has 1 saturated heterocycles. The minimum Gasteiger partial charge on any atom is -0.434 e. The Balaban J connectivity index is 2.10. The first-order chi connectivity index (χ1) is 9.99. The highest BCUT2D eigenvalue weighted by Gasteiger charge is 2.26. The molecule has 1 fully saturated rings. The van der Waals surface area contributed by atoms with E-state index in [9.17, 15) is 8.78 Å². The van der Waals surface area contributed by atoms with E-state index < -0.39 is 6.61 Å². The van der Waals surface area contributed by atoms with Crippen molar-refractivity contribution in [3.05, 3.63) is 29.8 Å². The molecule has 0 saturated carbocycles. The molecular weight excluding hydrogens is 274 g/mol. The molecule has 1 aliphatic heterocycles. The van der Waals surface area contributed by atoms with Gasteiger partial charge < -0.3 is 4.74 Å². The molecule has 0 spiro atoms. The predicted octanol–water partition coefficient (Wildman–Crippen LogP) is 4.12. The van der Waals surface area contributed by atoms with Crippen molar-refractivity contribution in [3.8, 4) is 5.75 Å². The van der Waals surface area contributed by atoms with Gasteiger partial charge in [-0.25, -0.2) is 10.4 Å². The van der Waals surface area contributed by atoms with Crippen LogP contribution in [0.15, 0.2) is 24.3 Å². The van der Waals surface area contributed by atoms with E-state index in [4.69, 9.17) is 0 Å². The Morgan fingerprint density at radius 1 is 1.19 bits per heavy atom. The van der Waals surface area contributed by atoms with E-state index in [1.54, 1.807) is 12.1 Å². The first-order valence-electron chi connectivity index (χ1n) is 7.57. The maximum atomic E-state index is 12.5. The van der Waals surface area contributed by atoms with Gasteiger partial charge in [0.25, 0.3) is 0 Å². The molecule has 1 aromatic rings. The van der Waals surface area contributed by atoms with Crippen molar-refractivity contribution in [2.24, 2.45) is 0 Å². The topological polar surface area (TPSA) is 24.5 Å². The zero-order valence-corrected chi connectivity index (χ0v) is 12.9. The van der Waals surface area contributed by atoms with E-state index in [0.29, 0.717) is 12.1 Å². The fourth-order valence-corrected chi connectivity index (χ4v) is 3.01. The van der Waals surface area contributed by atoms with Crippen LogP contribution in [0.4, 0.5) is 8.78 Å². The van der Waals surface area contributed by atoms with Crippen LogP contribution in [-0.2, 0) is 0 Å². The zero-order valence-electron chi connectivity index (χ0n) is 12.9. The number of benzene rings is 1. The average Bonchev–Trinajstić information content (AvgIpc) is 2.43. The SMILES string of the molecule is CC(NN1C(C)CCCC1C)c1ccccc1OC(F)F. The number of rotatable bonds is 5. The maximum absolute atomic E-state index is 12.5. The van der Waals surface area contributed by atoms with E-state index in [0.717, 1.165) is 18.4 Å². The highest BCUT2D eigenvalue weighted by atomic mass is 19.3. The fraction of sp³-hybridized carbons (Fsp3) is 0.625. The van der Waals surface area contributed by atoms with Gasteiger partial charge in [-0.05, 0) is 39.7 Å². The zero-order chi connectivity index (χ0) is 15.4. The number of alkyl halides is 2. The summed E-state index contributed by atoms with van der Waals surface area (Å²) in [6.07, 6.45) is 3.54. The van der Waals surface area contributed by atoms with Gasteiger partial charge in [-0.15, -0.1) is 0 Å². The Kier molecular flexibility index (Phi) is 5.53. The van der Waals surface area contributed by atoms with Gasteiger partial charge in [0.2, 0.25) is 0 Å². The highest BCUT2D eigenvalue weighted by molar-refractivity contribution is 5.35. The van der Waals surface area contributed by atoms with Crippen LogP contribution >= 0.6 is 0 Å². The molecule has 1 heterocycles. The van der Waals surface area contributed by atoms with Gasteiger partial charge in [-0.3, -0.25) is 0 Å². The Hall–Kier alpha value is -1.20. The van der Waals surface area contributed by atoms with E-state index in [1.807, 2.05) is 19.1 Å². The summed E-state index contributed by atoms with van der Waals surface area (Å²) in [4.78, 5) is 0. The van der Waals surface area contributed by atoms with Gasteiger partial charge in [0.05, 0.1) is 0 Å². The quantitative estimate of drug-likeness (QED) is 0.885. The molecule has 3 atom stereocenters. The van der Waals surface area contributed by atoms with Crippen LogP contribution in [0.1, 0.15) is 51.6 Å². The van der Waals surface area contributed by atoms with Crippen molar-refractivity contribution in [3.63, 3.8) is 0 Å². The number of hydrogen-bond acceptors (Lipinski definition) is 3. The second-order valence-electron chi connectivity index (χ2n) is 5.80. The Bertz CT molecular complexity index is 446. The molecule has 118 valence electrons. The van der Waals surface area contributed by atoms with Gasteiger partial charge in [-0.2, -0.15) is 8.78 Å². The van der Waals surface area contributed by atoms with Crippen molar-refractivity contribution < 1.29 is 13.5 Å². The number of ether oxygens (including phenoxy) is 1. The number of hydrazine groups is 1. The van der Waals surface area contributed by atoms with Gasteiger partial charge >= 0.3 is 6.61 Å². The summed E-state index contributed by atoms with van der Waals surface area (Å²) < 4.78 is 29.6. The number of nitrogens with zero attached hydrogens (tertiary/aromatic N) is 1. The molecule has 1 aliphatic rings. The smallest absolute Gasteiger partial charge is 0.387 e. The Labute approximate surface area is 125 Å². The molecular formula is C16H24F2N2O. The van der Waals surface area contributed by atoms with Crippen LogP contribution < -0.4 is 10.2 Å². The first-order valence-corrected chi connectivity index (χ1v) is 7.57. The molecule has 0 aliphatic carbocycles. The van der Waals surface area contributed by atoms with Crippen molar-refractivity contribution in [2.75, 3.05) is 0 Å². The lowest BCUT2D eigenvalue weighted by Crippen LogP contribution is -2.52. The van der Waals surface area contributed by atoms with E-state index in [1.165, 1.54) is 6.42 Å². The molecule has 0 radical (unpaired) electrons. The van der Waals surface area contributed by atoms with Crippen molar-refractivity contribution in [2.45, 2.75) is 64.8 Å². The summed E-state index contributed by atoms with van der Waals surface area (Å²) in [7, 11) is 0. The maximum Gasteiger partial charge on any atom is 0.387 e. The molecule has 3 nitrogen and oxygen atoms in total.